The van der Waals surface area contributed by atoms with E-state index < -0.39 is 0 Å². The largest absolute Gasteiger partial charge is 0.352 e. The van der Waals surface area contributed by atoms with E-state index in [9.17, 15) is 4.79 Å². The van der Waals surface area contributed by atoms with Gasteiger partial charge in [0.25, 0.3) is 0 Å². The molecule has 1 aliphatic carbocycles. The van der Waals surface area contributed by atoms with Crippen molar-refractivity contribution < 1.29 is 4.79 Å². The quantitative estimate of drug-likeness (QED) is 0.608. The molecule has 1 aliphatic rings. The molecule has 2 atom stereocenters. The van der Waals surface area contributed by atoms with E-state index >= 15 is 0 Å². The number of hydrogen-bond acceptors (Lipinski definition) is 2. The Hall–Kier alpha value is -0.570. The molecule has 1 amide bonds. The zero-order chi connectivity index (χ0) is 12.7. The first-order valence-corrected chi connectivity index (χ1v) is 7.17. The third-order valence-corrected chi connectivity index (χ3v) is 3.44. The van der Waals surface area contributed by atoms with Gasteiger partial charge in [0.15, 0.2) is 0 Å². The molecule has 1 rings (SSSR count). The van der Waals surface area contributed by atoms with Gasteiger partial charge in [-0.25, -0.2) is 0 Å². The number of carbonyl (C=O) groups is 1. The molecule has 1 saturated carbocycles. The fourth-order valence-electron chi connectivity index (χ4n) is 2.08. The molecular weight excluding hydrogens is 212 g/mol. The third kappa shape index (κ3) is 6.67. The van der Waals surface area contributed by atoms with Crippen LogP contribution >= 0.6 is 0 Å². The van der Waals surface area contributed by atoms with Crippen LogP contribution in [0.2, 0.25) is 0 Å². The summed E-state index contributed by atoms with van der Waals surface area (Å²) in [5, 5.41) is 6.34. The van der Waals surface area contributed by atoms with Crippen LogP contribution in [0.5, 0.6) is 0 Å². The lowest BCUT2D eigenvalue weighted by Crippen LogP contribution is -2.45. The zero-order valence-corrected chi connectivity index (χ0v) is 11.6. The Bertz CT molecular complexity index is 226. The van der Waals surface area contributed by atoms with Gasteiger partial charge >= 0.3 is 0 Å². The van der Waals surface area contributed by atoms with Crippen molar-refractivity contribution in [3.05, 3.63) is 0 Å². The molecular formula is C14H28N2O. The van der Waals surface area contributed by atoms with Crippen LogP contribution in [0.15, 0.2) is 0 Å². The predicted molar refractivity (Wildman–Crippen MR) is 71.9 cm³/mol. The van der Waals surface area contributed by atoms with Crippen LogP contribution in [0.25, 0.3) is 0 Å². The summed E-state index contributed by atoms with van der Waals surface area (Å²) in [6, 6.07) is 0.233. The summed E-state index contributed by atoms with van der Waals surface area (Å²) in [6.45, 7) is 7.13. The molecule has 2 unspecified atom stereocenters. The van der Waals surface area contributed by atoms with Gasteiger partial charge in [-0.3, -0.25) is 4.79 Å². The van der Waals surface area contributed by atoms with Gasteiger partial charge < -0.3 is 10.6 Å². The van der Waals surface area contributed by atoms with E-state index in [1.54, 1.807) is 0 Å². The van der Waals surface area contributed by atoms with E-state index in [1.165, 1.54) is 25.7 Å². The maximum atomic E-state index is 11.8. The summed E-state index contributed by atoms with van der Waals surface area (Å²) in [7, 11) is 0. The first kappa shape index (κ1) is 14.5. The van der Waals surface area contributed by atoms with E-state index in [2.05, 4.69) is 24.5 Å². The summed E-state index contributed by atoms with van der Waals surface area (Å²) in [5.74, 6) is 1.13. The minimum atomic E-state index is -0.0616. The highest BCUT2D eigenvalue weighted by molar-refractivity contribution is 5.81. The topological polar surface area (TPSA) is 41.1 Å². The highest BCUT2D eigenvalue weighted by Gasteiger charge is 2.20. The van der Waals surface area contributed by atoms with Crippen molar-refractivity contribution >= 4 is 5.91 Å². The normalized spacial score (nSPS) is 18.8. The Morgan fingerprint density at radius 3 is 2.65 bits per heavy atom. The average Bonchev–Trinajstić information content (AvgIpc) is 3.08. The molecule has 100 valence electrons. The van der Waals surface area contributed by atoms with Crippen LogP contribution in [-0.2, 0) is 4.79 Å². The average molecular weight is 240 g/mol. The Kier molecular flexibility index (Phi) is 6.56. The number of hydrogen-bond donors (Lipinski definition) is 2. The van der Waals surface area contributed by atoms with E-state index in [1.807, 2.05) is 6.92 Å². The summed E-state index contributed by atoms with van der Waals surface area (Å²) < 4.78 is 0. The second-order valence-corrected chi connectivity index (χ2v) is 5.46. The second kappa shape index (κ2) is 7.70. The maximum Gasteiger partial charge on any atom is 0.237 e. The monoisotopic (exact) mass is 240 g/mol. The Morgan fingerprint density at radius 2 is 2.06 bits per heavy atom. The highest BCUT2D eigenvalue weighted by atomic mass is 16.2. The van der Waals surface area contributed by atoms with Crippen molar-refractivity contribution in [2.24, 2.45) is 5.92 Å². The van der Waals surface area contributed by atoms with Crippen molar-refractivity contribution in [2.75, 3.05) is 6.54 Å². The molecule has 2 N–H and O–H groups in total. The molecule has 3 nitrogen and oxygen atoms in total. The molecule has 3 heteroatoms. The van der Waals surface area contributed by atoms with Crippen molar-refractivity contribution in [1.29, 1.82) is 0 Å². The van der Waals surface area contributed by atoms with Crippen LogP contribution in [0.4, 0.5) is 0 Å². The Balaban J connectivity index is 2.03. The Labute approximate surface area is 106 Å². The molecule has 0 aliphatic heterocycles. The number of carbonyl (C=O) groups excluding carboxylic acids is 1. The van der Waals surface area contributed by atoms with Gasteiger partial charge in [0.05, 0.1) is 6.04 Å². The molecule has 17 heavy (non-hydrogen) atoms. The fraction of sp³-hybridized carbons (Fsp3) is 0.929. The van der Waals surface area contributed by atoms with E-state index in [0.717, 1.165) is 25.3 Å². The number of amides is 1. The van der Waals surface area contributed by atoms with Gasteiger partial charge in [-0.1, -0.05) is 26.2 Å². The zero-order valence-electron chi connectivity index (χ0n) is 11.6. The van der Waals surface area contributed by atoms with Gasteiger partial charge in [-0.05, 0) is 45.6 Å². The van der Waals surface area contributed by atoms with Gasteiger partial charge in [0, 0.05) is 6.04 Å². The highest BCUT2D eigenvalue weighted by Crippen LogP contribution is 2.33. The van der Waals surface area contributed by atoms with Gasteiger partial charge in [0.1, 0.15) is 0 Å². The summed E-state index contributed by atoms with van der Waals surface area (Å²) in [4.78, 5) is 11.8. The lowest BCUT2D eigenvalue weighted by atomic mass is 10.2. The standard InChI is InChI=1S/C14H28N2O/c1-4-6-11(2)16-14(17)12(3)15-10-5-7-13-8-9-13/h11-13,15H,4-10H2,1-3H3,(H,16,17). The second-order valence-electron chi connectivity index (χ2n) is 5.46. The molecule has 0 saturated heterocycles. The van der Waals surface area contributed by atoms with Crippen LogP contribution in [0.3, 0.4) is 0 Å². The van der Waals surface area contributed by atoms with Gasteiger partial charge in [-0.15, -0.1) is 0 Å². The predicted octanol–water partition coefficient (Wildman–Crippen LogP) is 2.46. The van der Waals surface area contributed by atoms with Gasteiger partial charge in [-0.2, -0.15) is 0 Å². The molecule has 0 radical (unpaired) electrons. The minimum absolute atomic E-state index is 0.0616. The van der Waals surface area contributed by atoms with Crippen molar-refractivity contribution in [3.8, 4) is 0 Å². The lowest BCUT2D eigenvalue weighted by molar-refractivity contribution is -0.123. The molecule has 1 fully saturated rings. The first-order valence-electron chi connectivity index (χ1n) is 7.17. The molecule has 0 spiro atoms. The van der Waals surface area contributed by atoms with Gasteiger partial charge in [0.2, 0.25) is 5.91 Å². The lowest BCUT2D eigenvalue weighted by Gasteiger charge is -2.18. The van der Waals surface area contributed by atoms with Crippen molar-refractivity contribution in [1.82, 2.24) is 10.6 Å². The van der Waals surface area contributed by atoms with E-state index in [0.29, 0.717) is 6.04 Å². The first-order chi connectivity index (χ1) is 8.13. The SMILES string of the molecule is CCCC(C)NC(=O)C(C)NCCCC1CC1. The molecule has 0 heterocycles. The molecule has 0 aromatic rings. The van der Waals surface area contributed by atoms with E-state index in [4.69, 9.17) is 0 Å². The van der Waals surface area contributed by atoms with Crippen molar-refractivity contribution in [3.63, 3.8) is 0 Å². The molecule has 0 bridgehead atoms. The summed E-state index contributed by atoms with van der Waals surface area (Å²) >= 11 is 0. The Morgan fingerprint density at radius 1 is 1.35 bits per heavy atom. The fourth-order valence-corrected chi connectivity index (χ4v) is 2.08. The summed E-state index contributed by atoms with van der Waals surface area (Å²) in [6.07, 6.45) is 7.54. The third-order valence-electron chi connectivity index (χ3n) is 3.44. The van der Waals surface area contributed by atoms with Crippen LogP contribution in [-0.4, -0.2) is 24.5 Å². The minimum Gasteiger partial charge on any atom is -0.352 e. The van der Waals surface area contributed by atoms with E-state index in [-0.39, 0.29) is 11.9 Å². The molecule has 0 aromatic carbocycles. The smallest absolute Gasteiger partial charge is 0.237 e. The van der Waals surface area contributed by atoms with Crippen LogP contribution in [0, 0.1) is 5.92 Å². The number of rotatable bonds is 9. The number of nitrogens with one attached hydrogen (secondary N) is 2. The van der Waals surface area contributed by atoms with Crippen LogP contribution in [0.1, 0.15) is 59.3 Å². The maximum absolute atomic E-state index is 11.8. The van der Waals surface area contributed by atoms with Crippen LogP contribution < -0.4 is 10.6 Å². The molecule has 0 aromatic heterocycles. The van der Waals surface area contributed by atoms with Crippen molar-refractivity contribution in [2.45, 2.75) is 71.4 Å². The summed E-state index contributed by atoms with van der Waals surface area (Å²) in [5.41, 5.74) is 0.